The van der Waals surface area contributed by atoms with E-state index < -0.39 is 10.8 Å². The summed E-state index contributed by atoms with van der Waals surface area (Å²) in [7, 11) is 1.55. The lowest BCUT2D eigenvalue weighted by molar-refractivity contribution is -0.385. The van der Waals surface area contributed by atoms with E-state index in [0.29, 0.717) is 18.9 Å². The Balaban J connectivity index is 2.11. The van der Waals surface area contributed by atoms with Crippen molar-refractivity contribution in [3.8, 4) is 0 Å². The predicted molar refractivity (Wildman–Crippen MR) is 88.9 cm³/mol. The van der Waals surface area contributed by atoms with E-state index in [0.717, 1.165) is 19.3 Å². The molecule has 0 bridgehead atoms. The zero-order chi connectivity index (χ0) is 17.9. The first-order chi connectivity index (χ1) is 11.4. The quantitative estimate of drug-likeness (QED) is 0.634. The minimum absolute atomic E-state index is 0.00285. The molecular weight excluding hydrogens is 312 g/mol. The van der Waals surface area contributed by atoms with Gasteiger partial charge < -0.3 is 10.1 Å². The molecule has 1 aliphatic heterocycles. The zero-order valence-corrected chi connectivity index (χ0v) is 14.7. The van der Waals surface area contributed by atoms with E-state index in [-0.39, 0.29) is 29.2 Å². The average Bonchev–Trinajstić information content (AvgIpc) is 2.83. The minimum Gasteiger partial charge on any atom is -0.378 e. The number of aromatic nitrogens is 2. The normalized spacial score (nSPS) is 21.0. The zero-order valence-electron chi connectivity index (χ0n) is 14.7. The third-order valence-electron chi connectivity index (χ3n) is 4.81. The number of ether oxygens (including phenoxy) is 1. The summed E-state index contributed by atoms with van der Waals surface area (Å²) in [6, 6.07) is -0.0355. The van der Waals surface area contributed by atoms with E-state index in [1.165, 1.54) is 11.6 Å². The summed E-state index contributed by atoms with van der Waals surface area (Å²) in [6.45, 7) is 6.41. The number of aryl methyl sites for hydroxylation is 2. The molecule has 134 valence electrons. The Labute approximate surface area is 141 Å². The Kier molecular flexibility index (Phi) is 5.93. The Bertz CT molecular complexity index is 609. The second-order valence-corrected chi connectivity index (χ2v) is 6.34. The fraction of sp³-hybridized carbons (Fsp3) is 0.750. The highest BCUT2D eigenvalue weighted by Gasteiger charge is 2.33. The predicted octanol–water partition coefficient (Wildman–Crippen LogP) is 2.35. The van der Waals surface area contributed by atoms with Crippen molar-refractivity contribution < 1.29 is 14.5 Å². The fourth-order valence-electron chi connectivity index (χ4n) is 3.48. The number of carbonyl (C=O) groups excluding carboxylic acids is 1. The molecule has 1 aromatic rings. The molecule has 1 N–H and O–H groups in total. The summed E-state index contributed by atoms with van der Waals surface area (Å²) in [6.07, 6.45) is 3.65. The molecule has 8 heteroatoms. The number of nitrogens with zero attached hydrogens (tertiary/aromatic N) is 3. The van der Waals surface area contributed by atoms with Gasteiger partial charge in [-0.05, 0) is 25.7 Å². The Morgan fingerprint density at radius 3 is 2.75 bits per heavy atom. The summed E-state index contributed by atoms with van der Waals surface area (Å²) in [4.78, 5) is 23.2. The van der Waals surface area contributed by atoms with Gasteiger partial charge in [-0.25, -0.2) is 0 Å². The van der Waals surface area contributed by atoms with Gasteiger partial charge in [0.1, 0.15) is 5.69 Å². The van der Waals surface area contributed by atoms with Crippen molar-refractivity contribution in [2.75, 3.05) is 6.61 Å². The smallest absolute Gasteiger partial charge is 0.322 e. The number of hydrogen-bond acceptors (Lipinski definition) is 5. The molecule has 8 nitrogen and oxygen atoms in total. The Hall–Kier alpha value is -1.96. The summed E-state index contributed by atoms with van der Waals surface area (Å²) >= 11 is 0. The van der Waals surface area contributed by atoms with Crippen molar-refractivity contribution in [2.24, 2.45) is 13.0 Å². The molecule has 2 rings (SSSR count). The van der Waals surface area contributed by atoms with Crippen LogP contribution in [0.3, 0.4) is 0 Å². The van der Waals surface area contributed by atoms with Gasteiger partial charge in [0.05, 0.1) is 11.0 Å². The standard InChI is InChI=1S/C16H26N4O4/c1-5-11(6-2)13-9-12(7-8-24-13)17-16(21)15-14(20(22)23)10(3)18-19(15)4/h11-13H,5-9H2,1-4H3,(H,17,21). The number of amides is 1. The molecule has 1 aromatic heterocycles. The number of hydrogen-bond donors (Lipinski definition) is 1. The lowest BCUT2D eigenvalue weighted by Gasteiger charge is -2.34. The van der Waals surface area contributed by atoms with Crippen molar-refractivity contribution in [3.05, 3.63) is 21.5 Å². The van der Waals surface area contributed by atoms with E-state index in [4.69, 9.17) is 4.74 Å². The molecule has 2 heterocycles. The van der Waals surface area contributed by atoms with Gasteiger partial charge in [0.2, 0.25) is 5.69 Å². The molecule has 24 heavy (non-hydrogen) atoms. The van der Waals surface area contributed by atoms with Crippen LogP contribution in [0.25, 0.3) is 0 Å². The molecule has 0 aliphatic carbocycles. The topological polar surface area (TPSA) is 99.3 Å². The molecule has 0 saturated carbocycles. The Morgan fingerprint density at radius 1 is 1.50 bits per heavy atom. The fourth-order valence-corrected chi connectivity index (χ4v) is 3.48. The molecule has 0 aromatic carbocycles. The monoisotopic (exact) mass is 338 g/mol. The number of nitro groups is 1. The molecule has 0 spiro atoms. The van der Waals surface area contributed by atoms with E-state index in [9.17, 15) is 14.9 Å². The second-order valence-electron chi connectivity index (χ2n) is 6.34. The van der Waals surface area contributed by atoms with Gasteiger partial charge in [-0.3, -0.25) is 19.6 Å². The first kappa shape index (κ1) is 18.4. The summed E-state index contributed by atoms with van der Waals surface area (Å²) in [5.74, 6) is 0.0259. The van der Waals surface area contributed by atoms with Crippen LogP contribution in [0.4, 0.5) is 5.69 Å². The van der Waals surface area contributed by atoms with Gasteiger partial charge in [0.25, 0.3) is 5.91 Å². The molecule has 1 aliphatic rings. The summed E-state index contributed by atoms with van der Waals surface area (Å²) in [5.41, 5.74) is 0.0243. The lowest BCUT2D eigenvalue weighted by atomic mass is 9.89. The molecule has 1 saturated heterocycles. The first-order valence-corrected chi connectivity index (χ1v) is 8.49. The van der Waals surface area contributed by atoms with Gasteiger partial charge in [-0.2, -0.15) is 5.10 Å². The third kappa shape index (κ3) is 3.75. The molecule has 2 unspecified atom stereocenters. The highest BCUT2D eigenvalue weighted by atomic mass is 16.6. The number of nitrogens with one attached hydrogen (secondary N) is 1. The maximum absolute atomic E-state index is 12.6. The van der Waals surface area contributed by atoms with Gasteiger partial charge in [-0.15, -0.1) is 0 Å². The average molecular weight is 338 g/mol. The van der Waals surface area contributed by atoms with Crippen LogP contribution in [-0.2, 0) is 11.8 Å². The SMILES string of the molecule is CCC(CC)C1CC(NC(=O)c2c([N+](=O)[O-])c(C)nn2C)CCO1. The summed E-state index contributed by atoms with van der Waals surface area (Å²) < 4.78 is 7.13. The minimum atomic E-state index is -0.547. The van der Waals surface area contributed by atoms with Crippen LogP contribution in [0.1, 0.15) is 55.7 Å². The van der Waals surface area contributed by atoms with Crippen LogP contribution < -0.4 is 5.32 Å². The molecule has 2 atom stereocenters. The van der Waals surface area contributed by atoms with Crippen LogP contribution in [0.5, 0.6) is 0 Å². The van der Waals surface area contributed by atoms with E-state index >= 15 is 0 Å². The van der Waals surface area contributed by atoms with Crippen LogP contribution in [-0.4, -0.2) is 39.4 Å². The summed E-state index contributed by atoms with van der Waals surface area (Å²) in [5, 5.41) is 18.2. The molecule has 1 fully saturated rings. The van der Waals surface area contributed by atoms with Gasteiger partial charge in [0.15, 0.2) is 0 Å². The maximum Gasteiger partial charge on any atom is 0.322 e. The van der Waals surface area contributed by atoms with Crippen molar-refractivity contribution in [2.45, 2.75) is 58.6 Å². The first-order valence-electron chi connectivity index (χ1n) is 8.49. The lowest BCUT2D eigenvalue weighted by Crippen LogP contribution is -2.44. The van der Waals surface area contributed by atoms with Gasteiger partial charge in [0, 0.05) is 19.7 Å². The van der Waals surface area contributed by atoms with Crippen molar-refractivity contribution in [1.29, 1.82) is 0 Å². The number of carbonyl (C=O) groups is 1. The third-order valence-corrected chi connectivity index (χ3v) is 4.81. The Morgan fingerprint density at radius 2 is 2.17 bits per heavy atom. The largest absolute Gasteiger partial charge is 0.378 e. The van der Waals surface area contributed by atoms with Crippen molar-refractivity contribution in [3.63, 3.8) is 0 Å². The van der Waals surface area contributed by atoms with Crippen LogP contribution in [0.15, 0.2) is 0 Å². The molecule has 0 radical (unpaired) electrons. The molecule has 1 amide bonds. The number of rotatable bonds is 6. The van der Waals surface area contributed by atoms with E-state index in [2.05, 4.69) is 24.3 Å². The van der Waals surface area contributed by atoms with Crippen molar-refractivity contribution >= 4 is 11.6 Å². The highest BCUT2D eigenvalue weighted by molar-refractivity contribution is 5.97. The molecular formula is C16H26N4O4. The van der Waals surface area contributed by atoms with Crippen molar-refractivity contribution in [1.82, 2.24) is 15.1 Å². The van der Waals surface area contributed by atoms with Crippen LogP contribution in [0.2, 0.25) is 0 Å². The van der Waals surface area contributed by atoms with Gasteiger partial charge in [-0.1, -0.05) is 26.7 Å². The van der Waals surface area contributed by atoms with E-state index in [1.54, 1.807) is 7.05 Å². The maximum atomic E-state index is 12.6. The van der Waals surface area contributed by atoms with E-state index in [1.807, 2.05) is 0 Å². The van der Waals surface area contributed by atoms with Crippen LogP contribution >= 0.6 is 0 Å². The van der Waals surface area contributed by atoms with Crippen LogP contribution in [0, 0.1) is 23.0 Å². The highest BCUT2D eigenvalue weighted by Crippen LogP contribution is 2.26. The van der Waals surface area contributed by atoms with Gasteiger partial charge >= 0.3 is 5.69 Å². The second kappa shape index (κ2) is 7.74.